The molecule has 54 heavy (non-hydrogen) atoms. The summed E-state index contributed by atoms with van der Waals surface area (Å²) < 4.78 is 7.77. The van der Waals surface area contributed by atoms with Crippen molar-refractivity contribution in [2.45, 2.75) is 0 Å². The summed E-state index contributed by atoms with van der Waals surface area (Å²) >= 11 is 1.73. The fraction of sp³-hybridized carbons (Fsp3) is 0. The SMILES string of the molecule is c1ccc(-c2nc3cc(-c4ccc(-c5cccc(-c6nc7ccccc7c7c(-c8ccccc8)c8c(cc67)oc6ccccc68)c5)cc4)ccc3s2)cc1. The molecule has 0 amide bonds. The molecule has 0 aliphatic rings. The third kappa shape index (κ3) is 5.03. The minimum absolute atomic E-state index is 0.861. The van der Waals surface area contributed by atoms with Crippen molar-refractivity contribution < 1.29 is 4.42 Å². The number of hydrogen-bond donors (Lipinski definition) is 0. The third-order valence-electron chi connectivity index (χ3n) is 10.5. The first-order chi connectivity index (χ1) is 26.7. The molecule has 0 N–H and O–H groups in total. The summed E-state index contributed by atoms with van der Waals surface area (Å²) in [5.74, 6) is 0. The molecule has 8 aromatic carbocycles. The summed E-state index contributed by atoms with van der Waals surface area (Å²) in [6.45, 7) is 0. The van der Waals surface area contributed by atoms with Crippen LogP contribution in [0.2, 0.25) is 0 Å². The van der Waals surface area contributed by atoms with Crippen molar-refractivity contribution in [2.75, 3.05) is 0 Å². The van der Waals surface area contributed by atoms with Crippen LogP contribution in [0.15, 0.2) is 186 Å². The highest BCUT2D eigenvalue weighted by atomic mass is 32.1. The summed E-state index contributed by atoms with van der Waals surface area (Å²) in [6.07, 6.45) is 0. The second-order valence-corrected chi connectivity index (χ2v) is 14.7. The van der Waals surface area contributed by atoms with E-state index in [0.29, 0.717) is 0 Å². The van der Waals surface area contributed by atoms with Gasteiger partial charge in [0.05, 0.1) is 21.4 Å². The van der Waals surface area contributed by atoms with Crippen LogP contribution in [0.25, 0.3) is 109 Å². The van der Waals surface area contributed by atoms with Crippen molar-refractivity contribution in [2.24, 2.45) is 0 Å². The maximum absolute atomic E-state index is 6.58. The first-order valence-electron chi connectivity index (χ1n) is 18.1. The monoisotopic (exact) mass is 706 g/mol. The summed E-state index contributed by atoms with van der Waals surface area (Å²) in [5, 5.41) is 6.67. The fourth-order valence-corrected chi connectivity index (χ4v) is 8.89. The molecule has 252 valence electrons. The quantitative estimate of drug-likeness (QED) is 0.167. The predicted octanol–water partition coefficient (Wildman–Crippen LogP) is 14.2. The second kappa shape index (κ2) is 12.4. The zero-order chi connectivity index (χ0) is 35.6. The lowest BCUT2D eigenvalue weighted by Crippen LogP contribution is -1.93. The molecule has 3 nitrogen and oxygen atoms in total. The zero-order valence-electron chi connectivity index (χ0n) is 29.0. The van der Waals surface area contributed by atoms with Crippen molar-refractivity contribution >= 4 is 65.2 Å². The maximum Gasteiger partial charge on any atom is 0.136 e. The van der Waals surface area contributed by atoms with Gasteiger partial charge >= 0.3 is 0 Å². The zero-order valence-corrected chi connectivity index (χ0v) is 29.8. The van der Waals surface area contributed by atoms with E-state index in [4.69, 9.17) is 14.4 Å². The van der Waals surface area contributed by atoms with E-state index in [2.05, 4.69) is 170 Å². The highest BCUT2D eigenvalue weighted by molar-refractivity contribution is 7.21. The maximum atomic E-state index is 6.58. The van der Waals surface area contributed by atoms with Gasteiger partial charge in [-0.1, -0.05) is 146 Å². The minimum Gasteiger partial charge on any atom is -0.456 e. The Balaban J connectivity index is 1.04. The lowest BCUT2D eigenvalue weighted by Gasteiger charge is -2.16. The number of aromatic nitrogens is 2. The molecule has 3 aromatic heterocycles. The molecule has 3 heterocycles. The number of thiazole rings is 1. The molecule has 0 unspecified atom stereocenters. The standard InChI is InChI=1S/C50H30N2OS/c1-3-12-33(13-4-1)46-47-38-18-7-9-20-41(38)51-49(40(47)30-44-48(46)39-19-8-10-21-43(39)53-44)37-17-11-16-35(28-37)31-22-24-32(25-23-31)36-26-27-45-42(29-36)52-50(54-45)34-14-5-2-6-15-34/h1-30H. The van der Waals surface area contributed by atoms with Gasteiger partial charge in [0.1, 0.15) is 16.2 Å². The first kappa shape index (κ1) is 30.7. The number of furan rings is 1. The van der Waals surface area contributed by atoms with Crippen LogP contribution in [0.5, 0.6) is 0 Å². The van der Waals surface area contributed by atoms with Crippen LogP contribution in [0.4, 0.5) is 0 Å². The molecule has 0 saturated heterocycles. The van der Waals surface area contributed by atoms with Gasteiger partial charge in [0.15, 0.2) is 0 Å². The Hall–Kier alpha value is -6.88. The highest BCUT2D eigenvalue weighted by Crippen LogP contribution is 2.46. The van der Waals surface area contributed by atoms with E-state index in [1.165, 1.54) is 15.6 Å². The Kier molecular flexibility index (Phi) is 7.04. The Labute approximate surface area is 315 Å². The van der Waals surface area contributed by atoms with Crippen LogP contribution in [0.1, 0.15) is 0 Å². The Morgan fingerprint density at radius 3 is 1.80 bits per heavy atom. The van der Waals surface area contributed by atoms with Crippen LogP contribution < -0.4 is 0 Å². The van der Waals surface area contributed by atoms with Gasteiger partial charge in [0.2, 0.25) is 0 Å². The Morgan fingerprint density at radius 1 is 0.370 bits per heavy atom. The number of benzene rings is 8. The van der Waals surface area contributed by atoms with Crippen molar-refractivity contribution in [3.63, 3.8) is 0 Å². The van der Waals surface area contributed by atoms with E-state index < -0.39 is 0 Å². The Bertz CT molecular complexity index is 3200. The number of hydrogen-bond acceptors (Lipinski definition) is 4. The van der Waals surface area contributed by atoms with Crippen LogP contribution in [0, 0.1) is 0 Å². The van der Waals surface area contributed by atoms with E-state index in [0.717, 1.165) is 93.4 Å². The molecule has 0 fully saturated rings. The van der Waals surface area contributed by atoms with Gasteiger partial charge in [0, 0.05) is 43.6 Å². The Morgan fingerprint density at radius 2 is 1.00 bits per heavy atom. The summed E-state index contributed by atoms with van der Waals surface area (Å²) in [7, 11) is 0. The van der Waals surface area contributed by atoms with E-state index in [1.54, 1.807) is 11.3 Å². The van der Waals surface area contributed by atoms with Crippen LogP contribution in [0.3, 0.4) is 0 Å². The van der Waals surface area contributed by atoms with Crippen molar-refractivity contribution in [1.82, 2.24) is 9.97 Å². The van der Waals surface area contributed by atoms with Crippen molar-refractivity contribution in [1.29, 1.82) is 0 Å². The van der Waals surface area contributed by atoms with Gasteiger partial charge in [-0.15, -0.1) is 11.3 Å². The molecule has 0 aliphatic heterocycles. The minimum atomic E-state index is 0.861. The fourth-order valence-electron chi connectivity index (χ4n) is 7.94. The smallest absolute Gasteiger partial charge is 0.136 e. The largest absolute Gasteiger partial charge is 0.456 e. The average Bonchev–Trinajstić information content (AvgIpc) is 3.85. The van der Waals surface area contributed by atoms with Gasteiger partial charge in [-0.25, -0.2) is 9.97 Å². The van der Waals surface area contributed by atoms with Gasteiger partial charge in [-0.2, -0.15) is 0 Å². The molecule has 0 aliphatic carbocycles. The molecule has 0 bridgehead atoms. The van der Waals surface area contributed by atoms with Crippen molar-refractivity contribution in [3.05, 3.63) is 182 Å². The molecular weight excluding hydrogens is 677 g/mol. The molecule has 0 spiro atoms. The lowest BCUT2D eigenvalue weighted by molar-refractivity contribution is 0.669. The predicted molar refractivity (Wildman–Crippen MR) is 227 cm³/mol. The van der Waals surface area contributed by atoms with Gasteiger partial charge in [-0.3, -0.25) is 0 Å². The van der Waals surface area contributed by atoms with E-state index in [9.17, 15) is 0 Å². The van der Waals surface area contributed by atoms with Gasteiger partial charge in [-0.05, 0) is 64.2 Å². The molecule has 0 atom stereocenters. The van der Waals surface area contributed by atoms with Gasteiger partial charge < -0.3 is 4.42 Å². The van der Waals surface area contributed by atoms with E-state index >= 15 is 0 Å². The number of para-hydroxylation sites is 2. The number of pyridine rings is 1. The molecule has 0 saturated carbocycles. The molecule has 0 radical (unpaired) electrons. The van der Waals surface area contributed by atoms with Crippen LogP contribution in [-0.4, -0.2) is 9.97 Å². The second-order valence-electron chi connectivity index (χ2n) is 13.7. The van der Waals surface area contributed by atoms with E-state index in [1.807, 2.05) is 12.1 Å². The number of rotatable bonds is 5. The summed E-state index contributed by atoms with van der Waals surface area (Å²) in [4.78, 5) is 10.3. The molecule has 11 rings (SSSR count). The van der Waals surface area contributed by atoms with Gasteiger partial charge in [0.25, 0.3) is 0 Å². The number of fused-ring (bicyclic) bond motifs is 7. The number of nitrogens with zero attached hydrogens (tertiary/aromatic N) is 2. The van der Waals surface area contributed by atoms with Crippen LogP contribution in [-0.2, 0) is 0 Å². The first-order valence-corrected chi connectivity index (χ1v) is 19.0. The average molecular weight is 707 g/mol. The highest BCUT2D eigenvalue weighted by Gasteiger charge is 2.21. The van der Waals surface area contributed by atoms with Crippen LogP contribution >= 0.6 is 11.3 Å². The lowest BCUT2D eigenvalue weighted by atomic mass is 9.89. The topological polar surface area (TPSA) is 38.9 Å². The molecular formula is C50H30N2OS. The van der Waals surface area contributed by atoms with E-state index in [-0.39, 0.29) is 0 Å². The summed E-state index contributed by atoms with van der Waals surface area (Å²) in [5.41, 5.74) is 13.8. The summed E-state index contributed by atoms with van der Waals surface area (Å²) in [6, 6.07) is 64.3. The van der Waals surface area contributed by atoms with Crippen molar-refractivity contribution in [3.8, 4) is 55.2 Å². The third-order valence-corrected chi connectivity index (χ3v) is 11.6. The normalized spacial score (nSPS) is 11.7. The molecule has 4 heteroatoms. The molecule has 11 aromatic rings.